The van der Waals surface area contributed by atoms with E-state index < -0.39 is 59.5 Å². The molecule has 18 heteroatoms. The minimum Gasteiger partial charge on any atom is -0.481 e. The summed E-state index contributed by atoms with van der Waals surface area (Å²) >= 11 is 0. The van der Waals surface area contributed by atoms with Gasteiger partial charge in [0.25, 0.3) is 0 Å². The maximum absolute atomic E-state index is 13.6. The number of halogens is 6. The molecule has 0 fully saturated rings. The molecule has 1 aromatic carbocycles. The van der Waals surface area contributed by atoms with E-state index in [1.54, 1.807) is 19.1 Å². The summed E-state index contributed by atoms with van der Waals surface area (Å²) in [5.41, 5.74) is -2.90. The molecule has 1 aliphatic heterocycles. The second-order valence-electron chi connectivity index (χ2n) is 11.1. The molecule has 3 heterocycles. The Morgan fingerprint density at radius 2 is 1.64 bits per heavy atom. The topological polar surface area (TPSA) is 145 Å². The first-order valence-electron chi connectivity index (χ1n) is 15.4. The molecule has 0 saturated carbocycles. The van der Waals surface area contributed by atoms with E-state index in [9.17, 15) is 40.7 Å². The van der Waals surface area contributed by atoms with Gasteiger partial charge in [-0.05, 0) is 49.6 Å². The molecule has 4 rings (SSSR count). The summed E-state index contributed by atoms with van der Waals surface area (Å²) in [4.78, 5) is 51.8. The van der Waals surface area contributed by atoms with Crippen LogP contribution in [0.1, 0.15) is 73.7 Å². The van der Waals surface area contributed by atoms with Crippen molar-refractivity contribution in [1.29, 1.82) is 0 Å². The number of rotatable bonds is 11. The number of ether oxygens (including phenoxy) is 3. The number of amides is 2. The largest absolute Gasteiger partial charge is 0.481 e. The molecule has 0 spiro atoms. The summed E-state index contributed by atoms with van der Waals surface area (Å²) in [6.07, 6.45) is -10.1. The number of hydrogen-bond donors (Lipinski definition) is 2. The molecule has 12 nitrogen and oxygen atoms in total. The Morgan fingerprint density at radius 1 is 0.960 bits per heavy atom. The van der Waals surface area contributed by atoms with Gasteiger partial charge >= 0.3 is 24.4 Å². The lowest BCUT2D eigenvalue weighted by molar-refractivity contribution is -0.143. The van der Waals surface area contributed by atoms with Gasteiger partial charge in [0.15, 0.2) is 0 Å². The van der Waals surface area contributed by atoms with Crippen LogP contribution in [0, 0.1) is 0 Å². The van der Waals surface area contributed by atoms with Gasteiger partial charge in [0.1, 0.15) is 0 Å². The number of fused-ring (bicyclic) bond motifs is 1. The van der Waals surface area contributed by atoms with Crippen LogP contribution in [0.3, 0.4) is 0 Å². The Hall–Kier alpha value is -5.16. The van der Waals surface area contributed by atoms with E-state index in [1.165, 1.54) is 12.0 Å². The summed E-state index contributed by atoms with van der Waals surface area (Å²) in [6, 6.07) is 3.31. The molecule has 0 aliphatic carbocycles. The van der Waals surface area contributed by atoms with Crippen LogP contribution in [-0.4, -0.2) is 59.8 Å². The first-order chi connectivity index (χ1) is 23.6. The molecule has 0 radical (unpaired) electrons. The van der Waals surface area contributed by atoms with E-state index in [2.05, 4.69) is 30.3 Å². The SMILES string of the molecule is CCOC(=O)N1c2ccc(OC)nc2[C@@H](Nc2ncc(NC(=O)CCC(=O)OC)c(Cc3cc(C(F)(F)F)cc(C(F)(F)F)c3)n2)C[C@H]1CC. The average molecular weight is 713 g/mol. The van der Waals surface area contributed by atoms with Crippen molar-refractivity contribution in [2.45, 2.75) is 70.4 Å². The molecule has 50 heavy (non-hydrogen) atoms. The van der Waals surface area contributed by atoms with Crippen LogP contribution >= 0.6 is 0 Å². The highest BCUT2D eigenvalue weighted by Crippen LogP contribution is 2.41. The zero-order valence-electron chi connectivity index (χ0n) is 27.4. The summed E-state index contributed by atoms with van der Waals surface area (Å²) in [6.45, 7) is 3.67. The van der Waals surface area contributed by atoms with Crippen molar-refractivity contribution in [2.24, 2.45) is 0 Å². The van der Waals surface area contributed by atoms with Crippen LogP contribution in [0.4, 0.5) is 48.5 Å². The molecule has 0 saturated heterocycles. The number of nitrogens with one attached hydrogen (secondary N) is 2. The van der Waals surface area contributed by atoms with Crippen molar-refractivity contribution < 1.29 is 54.9 Å². The fourth-order valence-electron chi connectivity index (χ4n) is 5.35. The van der Waals surface area contributed by atoms with Crippen molar-refractivity contribution >= 4 is 35.3 Å². The van der Waals surface area contributed by atoms with Gasteiger partial charge in [-0.2, -0.15) is 26.3 Å². The number of pyridine rings is 1. The summed E-state index contributed by atoms with van der Waals surface area (Å²) in [5, 5.41) is 5.59. The molecule has 2 amide bonds. The normalized spacial score (nSPS) is 15.9. The number of carbonyl (C=O) groups excluding carboxylic acids is 3. The predicted molar refractivity (Wildman–Crippen MR) is 167 cm³/mol. The molecule has 2 aromatic heterocycles. The average Bonchev–Trinajstić information content (AvgIpc) is 3.07. The standard InChI is InChI=1S/C32H34F6N6O6/c1-5-20-15-22(28-24(7-9-26(43-28)48-3)44(20)30(47)50-6-2)42-29-39-16-23(40-25(45)8-10-27(46)49-4)21(41-29)13-17-11-18(31(33,34)35)14-19(12-17)32(36,37)38/h7,9,11-12,14,16,20,22H,5-6,8,10,13,15H2,1-4H3,(H,40,45)(H,39,41,42)/t20-,22+/m1/s1. The number of carbonyl (C=O) groups is 3. The highest BCUT2D eigenvalue weighted by molar-refractivity contribution is 5.93. The third-order valence-corrected chi connectivity index (χ3v) is 7.73. The molecular formula is C32H34F6N6O6. The van der Waals surface area contributed by atoms with Gasteiger partial charge in [0.2, 0.25) is 17.7 Å². The number of benzene rings is 1. The van der Waals surface area contributed by atoms with Gasteiger partial charge < -0.3 is 24.8 Å². The van der Waals surface area contributed by atoms with Crippen molar-refractivity contribution in [3.8, 4) is 5.88 Å². The highest BCUT2D eigenvalue weighted by atomic mass is 19.4. The number of aromatic nitrogens is 3. The number of hydrogen-bond acceptors (Lipinski definition) is 10. The van der Waals surface area contributed by atoms with E-state index in [0.29, 0.717) is 29.9 Å². The molecule has 0 unspecified atom stereocenters. The van der Waals surface area contributed by atoms with E-state index in [0.717, 1.165) is 13.3 Å². The molecule has 0 bridgehead atoms. The van der Waals surface area contributed by atoms with E-state index in [1.807, 2.05) is 6.92 Å². The molecule has 1 aliphatic rings. The third kappa shape index (κ3) is 9.09. The Labute approximate surface area is 282 Å². The Balaban J connectivity index is 1.77. The summed E-state index contributed by atoms with van der Waals surface area (Å²) in [7, 11) is 2.54. The Bertz CT molecular complexity index is 1690. The minimum atomic E-state index is -5.09. The Morgan fingerprint density at radius 3 is 2.22 bits per heavy atom. The second kappa shape index (κ2) is 15.6. The van der Waals surface area contributed by atoms with Crippen molar-refractivity contribution in [2.75, 3.05) is 36.4 Å². The van der Waals surface area contributed by atoms with Gasteiger partial charge in [-0.1, -0.05) is 6.92 Å². The van der Waals surface area contributed by atoms with Gasteiger partial charge in [-0.15, -0.1) is 0 Å². The monoisotopic (exact) mass is 712 g/mol. The molecule has 3 aromatic rings. The first-order valence-corrected chi connectivity index (χ1v) is 15.4. The maximum atomic E-state index is 13.6. The second-order valence-corrected chi connectivity index (χ2v) is 11.1. The molecule has 2 N–H and O–H groups in total. The highest BCUT2D eigenvalue weighted by Gasteiger charge is 2.39. The van der Waals surface area contributed by atoms with Gasteiger partial charge in [0.05, 0.1) is 73.4 Å². The predicted octanol–water partition coefficient (Wildman–Crippen LogP) is 6.70. The fourth-order valence-corrected chi connectivity index (χ4v) is 5.35. The van der Waals surface area contributed by atoms with Gasteiger partial charge in [-0.25, -0.2) is 19.7 Å². The van der Waals surface area contributed by atoms with E-state index in [-0.39, 0.29) is 61.2 Å². The quantitative estimate of drug-likeness (QED) is 0.163. The molecule has 270 valence electrons. The van der Waals surface area contributed by atoms with Crippen LogP contribution in [0.2, 0.25) is 0 Å². The first kappa shape index (κ1) is 37.7. The molecular weight excluding hydrogens is 678 g/mol. The zero-order chi connectivity index (χ0) is 36.8. The zero-order valence-corrected chi connectivity index (χ0v) is 27.4. The van der Waals surface area contributed by atoms with Crippen LogP contribution in [-0.2, 0) is 37.8 Å². The van der Waals surface area contributed by atoms with E-state index in [4.69, 9.17) is 9.47 Å². The Kier molecular flexibility index (Phi) is 11.7. The number of alkyl halides is 6. The lowest BCUT2D eigenvalue weighted by atomic mass is 9.93. The number of esters is 1. The lowest BCUT2D eigenvalue weighted by Crippen LogP contribution is -2.46. The minimum absolute atomic E-state index is 0.0114. The van der Waals surface area contributed by atoms with Gasteiger partial charge in [0, 0.05) is 24.9 Å². The molecule has 2 atom stereocenters. The van der Waals surface area contributed by atoms with Crippen molar-refractivity contribution in [1.82, 2.24) is 15.0 Å². The van der Waals surface area contributed by atoms with Crippen LogP contribution < -0.4 is 20.3 Å². The number of nitrogens with zero attached hydrogens (tertiary/aromatic N) is 4. The third-order valence-electron chi connectivity index (χ3n) is 7.73. The van der Waals surface area contributed by atoms with Crippen LogP contribution in [0.15, 0.2) is 36.5 Å². The van der Waals surface area contributed by atoms with Crippen molar-refractivity contribution in [3.63, 3.8) is 0 Å². The number of anilines is 3. The summed E-state index contributed by atoms with van der Waals surface area (Å²) in [5.74, 6) is -1.26. The van der Waals surface area contributed by atoms with Crippen LogP contribution in [0.5, 0.6) is 5.88 Å². The van der Waals surface area contributed by atoms with Crippen LogP contribution in [0.25, 0.3) is 0 Å². The fraction of sp³-hybridized carbons (Fsp3) is 0.438. The maximum Gasteiger partial charge on any atom is 0.416 e. The summed E-state index contributed by atoms with van der Waals surface area (Å²) < 4.78 is 96.9. The number of methoxy groups -OCH3 is 2. The lowest BCUT2D eigenvalue weighted by Gasteiger charge is -2.39. The smallest absolute Gasteiger partial charge is 0.416 e. The van der Waals surface area contributed by atoms with E-state index >= 15 is 0 Å². The van der Waals surface area contributed by atoms with Gasteiger partial charge in [-0.3, -0.25) is 14.5 Å². The van der Waals surface area contributed by atoms with Crippen molar-refractivity contribution in [3.05, 3.63) is 64.6 Å².